The molecule has 1 aromatic heterocycles. The van der Waals surface area contributed by atoms with E-state index < -0.39 is 0 Å². The predicted octanol–water partition coefficient (Wildman–Crippen LogP) is 11.0. The lowest BCUT2D eigenvalue weighted by molar-refractivity contribution is 0.631. The molecule has 0 atom stereocenters. The molecule has 40 heavy (non-hydrogen) atoms. The summed E-state index contributed by atoms with van der Waals surface area (Å²) in [5.41, 5.74) is 11.2. The van der Waals surface area contributed by atoms with E-state index in [-0.39, 0.29) is 0 Å². The van der Waals surface area contributed by atoms with Gasteiger partial charge >= 0.3 is 0 Å². The quantitative estimate of drug-likeness (QED) is 0.167. The number of allylic oxidation sites excluding steroid dienone is 4. The summed E-state index contributed by atoms with van der Waals surface area (Å²) >= 11 is 0. The highest BCUT2D eigenvalue weighted by molar-refractivity contribution is 5.96. The molecule has 0 N–H and O–H groups in total. The van der Waals surface area contributed by atoms with Gasteiger partial charge in [-0.25, -0.2) is 4.98 Å². The van der Waals surface area contributed by atoms with Crippen LogP contribution in [0, 0.1) is 0 Å². The summed E-state index contributed by atoms with van der Waals surface area (Å²) in [5, 5.41) is 1.18. The van der Waals surface area contributed by atoms with Crippen LogP contribution < -0.4 is 0 Å². The lowest BCUT2D eigenvalue weighted by Crippen LogP contribution is -1.91. The minimum absolute atomic E-state index is 1.01. The Labute approximate surface area is 238 Å². The molecule has 0 aliphatic heterocycles. The molecular weight excluding hydrogens is 482 g/mol. The van der Waals surface area contributed by atoms with E-state index in [4.69, 9.17) is 4.98 Å². The zero-order valence-electron chi connectivity index (χ0n) is 23.2. The molecule has 1 heterocycles. The number of para-hydroxylation sites is 1. The summed E-state index contributed by atoms with van der Waals surface area (Å²) < 4.78 is 0. The van der Waals surface area contributed by atoms with Gasteiger partial charge in [0.05, 0.1) is 11.2 Å². The van der Waals surface area contributed by atoms with E-state index in [9.17, 15) is 0 Å². The van der Waals surface area contributed by atoms with Crippen LogP contribution in [0.1, 0.15) is 50.5 Å². The fraction of sp³-hybridized carbons (Fsp3) is 0.205. The van der Waals surface area contributed by atoms with Crippen LogP contribution in [0.2, 0.25) is 0 Å². The number of hydrogen-bond acceptors (Lipinski definition) is 1. The van der Waals surface area contributed by atoms with Crippen LogP contribution >= 0.6 is 0 Å². The first-order valence-electron chi connectivity index (χ1n) is 14.8. The van der Waals surface area contributed by atoms with Crippen LogP contribution in [0.15, 0.2) is 133 Å². The van der Waals surface area contributed by atoms with Gasteiger partial charge < -0.3 is 0 Å². The summed E-state index contributed by atoms with van der Waals surface area (Å²) in [6.07, 6.45) is 16.9. The van der Waals surface area contributed by atoms with Crippen LogP contribution in [0.4, 0.5) is 0 Å². The van der Waals surface area contributed by atoms with Crippen LogP contribution in [0.3, 0.4) is 0 Å². The molecule has 1 aliphatic rings. The van der Waals surface area contributed by atoms with Crippen LogP contribution in [0.5, 0.6) is 0 Å². The molecule has 198 valence electrons. The largest absolute Gasteiger partial charge is 0.248 e. The molecule has 0 saturated heterocycles. The van der Waals surface area contributed by atoms with Crippen molar-refractivity contribution in [3.05, 3.63) is 139 Å². The highest BCUT2D eigenvalue weighted by Crippen LogP contribution is 2.33. The maximum atomic E-state index is 5.07. The van der Waals surface area contributed by atoms with Gasteiger partial charge in [-0.3, -0.25) is 0 Å². The molecule has 0 unspecified atom stereocenters. The summed E-state index contributed by atoms with van der Waals surface area (Å²) in [4.78, 5) is 5.07. The van der Waals surface area contributed by atoms with Crippen molar-refractivity contribution in [3.63, 3.8) is 0 Å². The van der Waals surface area contributed by atoms with Gasteiger partial charge in [-0.1, -0.05) is 128 Å². The van der Waals surface area contributed by atoms with E-state index in [1.165, 1.54) is 78.1 Å². The molecule has 0 amide bonds. The van der Waals surface area contributed by atoms with Gasteiger partial charge in [0.1, 0.15) is 0 Å². The second kappa shape index (κ2) is 12.7. The highest BCUT2D eigenvalue weighted by atomic mass is 14.7. The molecule has 6 rings (SSSR count). The smallest absolute Gasteiger partial charge is 0.0716 e. The maximum Gasteiger partial charge on any atom is 0.0716 e. The molecule has 1 aliphatic carbocycles. The predicted molar refractivity (Wildman–Crippen MR) is 171 cm³/mol. The summed E-state index contributed by atoms with van der Waals surface area (Å²) in [7, 11) is 0. The van der Waals surface area contributed by atoms with Gasteiger partial charge in [0.25, 0.3) is 0 Å². The Bertz CT molecular complexity index is 1640. The SMILES string of the molecule is C1=CCCC(CCCCCCc2cccc(-c3cccc(-c4cc(-c5ccccc5)c5ccccc5n4)c3)c2)=C1. The number of pyridine rings is 1. The summed E-state index contributed by atoms with van der Waals surface area (Å²) in [6, 6.07) is 39.3. The molecule has 0 spiro atoms. The van der Waals surface area contributed by atoms with Crippen molar-refractivity contribution in [1.82, 2.24) is 4.98 Å². The van der Waals surface area contributed by atoms with Gasteiger partial charge in [0.15, 0.2) is 0 Å². The average molecular weight is 520 g/mol. The molecule has 4 aromatic carbocycles. The van der Waals surface area contributed by atoms with Crippen LogP contribution in [-0.2, 0) is 6.42 Å². The Morgan fingerprint density at radius 1 is 0.575 bits per heavy atom. The van der Waals surface area contributed by atoms with E-state index in [0.717, 1.165) is 23.2 Å². The first-order chi connectivity index (χ1) is 19.8. The second-order valence-electron chi connectivity index (χ2n) is 10.9. The molecule has 0 saturated carbocycles. The molecule has 1 heteroatoms. The van der Waals surface area contributed by atoms with Crippen LogP contribution in [-0.4, -0.2) is 4.98 Å². The number of rotatable bonds is 10. The first kappa shape index (κ1) is 26.0. The van der Waals surface area contributed by atoms with Crippen molar-refractivity contribution in [3.8, 4) is 33.5 Å². The number of aromatic nitrogens is 1. The molecule has 5 aromatic rings. The number of aryl methyl sites for hydroxylation is 1. The zero-order chi connectivity index (χ0) is 27.0. The molecular formula is C39H37N. The van der Waals surface area contributed by atoms with Gasteiger partial charge in [-0.05, 0) is 84.5 Å². The van der Waals surface area contributed by atoms with E-state index in [1.807, 2.05) is 0 Å². The maximum absolute atomic E-state index is 5.07. The molecule has 0 radical (unpaired) electrons. The highest BCUT2D eigenvalue weighted by Gasteiger charge is 2.10. The van der Waals surface area contributed by atoms with Gasteiger partial charge in [-0.2, -0.15) is 0 Å². The zero-order valence-corrected chi connectivity index (χ0v) is 23.2. The van der Waals surface area contributed by atoms with Crippen molar-refractivity contribution in [1.29, 1.82) is 0 Å². The fourth-order valence-electron chi connectivity index (χ4n) is 5.84. The van der Waals surface area contributed by atoms with E-state index in [0.29, 0.717) is 0 Å². The first-order valence-corrected chi connectivity index (χ1v) is 14.8. The van der Waals surface area contributed by atoms with Gasteiger partial charge in [0.2, 0.25) is 0 Å². The Morgan fingerprint density at radius 3 is 2.15 bits per heavy atom. The van der Waals surface area contributed by atoms with Gasteiger partial charge in [0, 0.05) is 10.9 Å². The van der Waals surface area contributed by atoms with E-state index in [2.05, 4.69) is 127 Å². The Kier molecular flexibility index (Phi) is 8.29. The van der Waals surface area contributed by atoms with Crippen molar-refractivity contribution < 1.29 is 0 Å². The third kappa shape index (κ3) is 6.32. The van der Waals surface area contributed by atoms with E-state index >= 15 is 0 Å². The number of benzene rings is 4. The monoisotopic (exact) mass is 519 g/mol. The second-order valence-corrected chi connectivity index (χ2v) is 10.9. The minimum atomic E-state index is 1.01. The lowest BCUT2D eigenvalue weighted by atomic mass is 9.95. The minimum Gasteiger partial charge on any atom is -0.248 e. The molecule has 1 nitrogen and oxygen atoms in total. The summed E-state index contributed by atoms with van der Waals surface area (Å²) in [6.45, 7) is 0. The van der Waals surface area contributed by atoms with Crippen LogP contribution in [0.25, 0.3) is 44.4 Å². The number of nitrogens with zero attached hydrogens (tertiary/aromatic N) is 1. The number of hydrogen-bond donors (Lipinski definition) is 0. The van der Waals surface area contributed by atoms with Crippen molar-refractivity contribution in [2.24, 2.45) is 0 Å². The number of fused-ring (bicyclic) bond motifs is 1. The average Bonchev–Trinajstić information content (AvgIpc) is 3.03. The standard InChI is InChI=1S/C39H37N/c1(5-15-30-16-7-3-8-17-30)2-6-18-31-19-13-22-33(27-31)34-23-14-24-35(28-34)39-29-37(32-20-9-4-10-21-32)36-25-11-12-26-38(36)40-39/h3-4,7,9-14,16,19-29H,1-2,5-6,8,15,17-18H2. The third-order valence-electron chi connectivity index (χ3n) is 8.03. The topological polar surface area (TPSA) is 12.9 Å². The Morgan fingerprint density at radius 2 is 1.30 bits per heavy atom. The lowest BCUT2D eigenvalue weighted by Gasteiger charge is -2.12. The van der Waals surface area contributed by atoms with Gasteiger partial charge in [-0.15, -0.1) is 0 Å². The molecule has 0 bridgehead atoms. The molecule has 0 fully saturated rings. The van der Waals surface area contributed by atoms with Crippen molar-refractivity contribution in [2.75, 3.05) is 0 Å². The Hall–Kier alpha value is -4.23. The van der Waals surface area contributed by atoms with Crippen molar-refractivity contribution in [2.45, 2.75) is 51.4 Å². The number of unbranched alkanes of at least 4 members (excludes halogenated alkanes) is 3. The Balaban J connectivity index is 1.17. The summed E-state index contributed by atoms with van der Waals surface area (Å²) in [5.74, 6) is 0. The fourth-order valence-corrected chi connectivity index (χ4v) is 5.84. The third-order valence-corrected chi connectivity index (χ3v) is 8.03. The normalized spacial score (nSPS) is 12.9. The van der Waals surface area contributed by atoms with E-state index in [1.54, 1.807) is 5.57 Å². The van der Waals surface area contributed by atoms with Crippen molar-refractivity contribution >= 4 is 10.9 Å².